The van der Waals surface area contributed by atoms with Gasteiger partial charge in [-0.3, -0.25) is 4.79 Å². The first-order chi connectivity index (χ1) is 12.5. The van der Waals surface area contributed by atoms with E-state index < -0.39 is 0 Å². The molecule has 148 valence electrons. The lowest BCUT2D eigenvalue weighted by Crippen LogP contribution is -2.55. The van der Waals surface area contributed by atoms with Crippen LogP contribution in [0.5, 0.6) is 0 Å². The van der Waals surface area contributed by atoms with Crippen molar-refractivity contribution < 1.29 is 4.79 Å². The van der Waals surface area contributed by atoms with Crippen LogP contribution in [0.25, 0.3) is 0 Å². The number of amides is 1. The Hall–Kier alpha value is -1.08. The zero-order valence-corrected chi connectivity index (χ0v) is 17.3. The van der Waals surface area contributed by atoms with Crippen molar-refractivity contribution in [3.8, 4) is 6.07 Å². The van der Waals surface area contributed by atoms with Gasteiger partial charge in [0.15, 0.2) is 0 Å². The second kappa shape index (κ2) is 10.3. The Morgan fingerprint density at radius 2 is 2.00 bits per heavy atom. The molecule has 2 aliphatic rings. The molecule has 1 unspecified atom stereocenters. The molecule has 0 radical (unpaired) electrons. The molecule has 0 aromatic heterocycles. The summed E-state index contributed by atoms with van der Waals surface area (Å²) in [6.07, 6.45) is 11.4. The molecule has 2 fully saturated rings. The van der Waals surface area contributed by atoms with Crippen LogP contribution in [0.1, 0.15) is 78.1 Å². The molecule has 1 amide bonds. The van der Waals surface area contributed by atoms with Crippen molar-refractivity contribution in [2.45, 2.75) is 78.1 Å². The van der Waals surface area contributed by atoms with Crippen LogP contribution >= 0.6 is 0 Å². The quantitative estimate of drug-likeness (QED) is 0.546. The van der Waals surface area contributed by atoms with Gasteiger partial charge in [0.1, 0.15) is 0 Å². The summed E-state index contributed by atoms with van der Waals surface area (Å²) in [6, 6.07) is 2.32. The molecule has 4 nitrogen and oxygen atoms in total. The maximum atomic E-state index is 12.4. The molecule has 1 saturated carbocycles. The average molecular weight is 362 g/mol. The lowest BCUT2D eigenvalue weighted by Gasteiger charge is -2.48. The van der Waals surface area contributed by atoms with Crippen molar-refractivity contribution in [1.82, 2.24) is 9.80 Å². The molecule has 1 heterocycles. The molecule has 0 aromatic rings. The largest absolute Gasteiger partial charge is 0.346 e. The zero-order valence-electron chi connectivity index (χ0n) is 17.3. The van der Waals surface area contributed by atoms with Crippen LogP contribution in [0.15, 0.2) is 0 Å². The van der Waals surface area contributed by atoms with Gasteiger partial charge in [-0.05, 0) is 31.1 Å². The van der Waals surface area contributed by atoms with Crippen LogP contribution in [0.2, 0.25) is 0 Å². The van der Waals surface area contributed by atoms with Crippen LogP contribution in [-0.4, -0.2) is 48.9 Å². The van der Waals surface area contributed by atoms with Crippen LogP contribution in [0.3, 0.4) is 0 Å². The average Bonchev–Trinajstić information content (AvgIpc) is 3.09. The highest BCUT2D eigenvalue weighted by Gasteiger charge is 2.38. The van der Waals surface area contributed by atoms with Gasteiger partial charge < -0.3 is 9.80 Å². The maximum absolute atomic E-state index is 12.4. The highest BCUT2D eigenvalue weighted by molar-refractivity contribution is 5.75. The molecule has 2 rings (SSSR count). The summed E-state index contributed by atoms with van der Waals surface area (Å²) < 4.78 is 0. The fourth-order valence-corrected chi connectivity index (χ4v) is 4.88. The van der Waals surface area contributed by atoms with Crippen LogP contribution in [-0.2, 0) is 4.79 Å². The van der Waals surface area contributed by atoms with Crippen LogP contribution in [0.4, 0.5) is 0 Å². The van der Waals surface area contributed by atoms with E-state index in [0.29, 0.717) is 18.2 Å². The Morgan fingerprint density at radius 1 is 1.31 bits per heavy atom. The third kappa shape index (κ3) is 6.58. The number of nitrogens with zero attached hydrogens (tertiary/aromatic N) is 3. The van der Waals surface area contributed by atoms with Gasteiger partial charge in [0.05, 0.1) is 6.07 Å². The van der Waals surface area contributed by atoms with Crippen LogP contribution < -0.4 is 0 Å². The molecule has 0 N–H and O–H groups in total. The molecule has 1 atom stereocenters. The lowest BCUT2D eigenvalue weighted by atomic mass is 9.78. The third-order valence-corrected chi connectivity index (χ3v) is 6.47. The summed E-state index contributed by atoms with van der Waals surface area (Å²) in [5.41, 5.74) is 0.207. The van der Waals surface area contributed by atoms with E-state index in [1.807, 2.05) is 11.9 Å². The molecule has 0 bridgehead atoms. The normalized spacial score (nSPS) is 21.2. The van der Waals surface area contributed by atoms with Gasteiger partial charge in [-0.2, -0.15) is 5.26 Å². The number of rotatable bonds is 11. The maximum Gasteiger partial charge on any atom is 0.222 e. The number of carbonyl (C=O) groups is 1. The summed E-state index contributed by atoms with van der Waals surface area (Å²) in [6.45, 7) is 8.59. The predicted molar refractivity (Wildman–Crippen MR) is 107 cm³/mol. The molecular formula is C22H39N3O. The monoisotopic (exact) mass is 361 g/mol. The molecule has 1 saturated heterocycles. The second-order valence-corrected chi connectivity index (χ2v) is 9.26. The fourth-order valence-electron chi connectivity index (χ4n) is 4.88. The molecule has 0 aromatic carbocycles. The first-order valence-corrected chi connectivity index (χ1v) is 10.8. The lowest BCUT2D eigenvalue weighted by molar-refractivity contribution is -0.130. The van der Waals surface area contributed by atoms with Gasteiger partial charge >= 0.3 is 0 Å². The third-order valence-electron chi connectivity index (χ3n) is 6.47. The first-order valence-electron chi connectivity index (χ1n) is 10.8. The van der Waals surface area contributed by atoms with Gasteiger partial charge in [-0.1, -0.05) is 46.0 Å². The minimum atomic E-state index is 0.207. The SMILES string of the molecule is CCCC(CCN(C)C(=O)CCC1CCCC1)CN1CC(C)(CC#N)C1. The Balaban J connectivity index is 1.66. The van der Waals surface area contributed by atoms with Gasteiger partial charge in [0.25, 0.3) is 0 Å². The van der Waals surface area contributed by atoms with Gasteiger partial charge in [-0.15, -0.1) is 0 Å². The Labute approximate surface area is 160 Å². The smallest absolute Gasteiger partial charge is 0.222 e. The molecule has 1 aliphatic heterocycles. The highest BCUT2D eigenvalue weighted by Crippen LogP contribution is 2.34. The molecule has 26 heavy (non-hydrogen) atoms. The molecule has 1 aliphatic carbocycles. The van der Waals surface area contributed by atoms with Crippen molar-refractivity contribution in [3.63, 3.8) is 0 Å². The van der Waals surface area contributed by atoms with E-state index in [1.54, 1.807) is 0 Å². The van der Waals surface area contributed by atoms with E-state index in [2.05, 4.69) is 24.8 Å². The molecule has 0 spiro atoms. The van der Waals surface area contributed by atoms with Crippen molar-refractivity contribution in [1.29, 1.82) is 5.26 Å². The molecule has 4 heteroatoms. The number of carbonyl (C=O) groups excluding carboxylic acids is 1. The summed E-state index contributed by atoms with van der Waals surface area (Å²) in [4.78, 5) is 16.9. The van der Waals surface area contributed by atoms with Gasteiger partial charge in [0.2, 0.25) is 5.91 Å². The number of likely N-dealkylation sites (tertiary alicyclic amines) is 1. The first kappa shape index (κ1) is 21.2. The second-order valence-electron chi connectivity index (χ2n) is 9.26. The highest BCUT2D eigenvalue weighted by atomic mass is 16.2. The Kier molecular flexibility index (Phi) is 8.41. The molecular weight excluding hydrogens is 322 g/mol. The fraction of sp³-hybridized carbons (Fsp3) is 0.909. The van der Waals surface area contributed by atoms with Crippen molar-refractivity contribution in [2.24, 2.45) is 17.3 Å². The number of nitriles is 1. The van der Waals surface area contributed by atoms with E-state index in [4.69, 9.17) is 5.26 Å². The van der Waals surface area contributed by atoms with E-state index in [0.717, 1.165) is 51.4 Å². The Morgan fingerprint density at radius 3 is 2.62 bits per heavy atom. The van der Waals surface area contributed by atoms with Crippen molar-refractivity contribution in [2.75, 3.05) is 33.2 Å². The van der Waals surface area contributed by atoms with E-state index in [-0.39, 0.29) is 5.41 Å². The summed E-state index contributed by atoms with van der Waals surface area (Å²) in [5, 5.41) is 8.92. The summed E-state index contributed by atoms with van der Waals surface area (Å²) >= 11 is 0. The van der Waals surface area contributed by atoms with Crippen molar-refractivity contribution in [3.05, 3.63) is 0 Å². The summed E-state index contributed by atoms with van der Waals surface area (Å²) in [5.74, 6) is 1.80. The zero-order chi connectivity index (χ0) is 19.0. The van der Waals surface area contributed by atoms with Crippen LogP contribution in [0, 0.1) is 28.6 Å². The van der Waals surface area contributed by atoms with E-state index >= 15 is 0 Å². The topological polar surface area (TPSA) is 47.3 Å². The van der Waals surface area contributed by atoms with Crippen molar-refractivity contribution >= 4 is 5.91 Å². The van der Waals surface area contributed by atoms with E-state index in [1.165, 1.54) is 38.5 Å². The predicted octanol–water partition coefficient (Wildman–Crippen LogP) is 4.46. The number of hydrogen-bond donors (Lipinski definition) is 0. The van der Waals surface area contributed by atoms with E-state index in [9.17, 15) is 4.79 Å². The minimum Gasteiger partial charge on any atom is -0.346 e. The minimum absolute atomic E-state index is 0.207. The van der Waals surface area contributed by atoms with Gasteiger partial charge in [-0.25, -0.2) is 0 Å². The standard InChI is InChI=1S/C22H39N3O/c1-4-7-20(16-25-17-22(2,18-25)13-14-23)12-15-24(3)21(26)11-10-19-8-5-6-9-19/h19-20H,4-13,15-18H2,1-3H3. The Bertz CT molecular complexity index is 472. The summed E-state index contributed by atoms with van der Waals surface area (Å²) in [7, 11) is 1.98. The van der Waals surface area contributed by atoms with Gasteiger partial charge in [0, 0.05) is 51.5 Å². The number of hydrogen-bond acceptors (Lipinski definition) is 3.